The third-order valence-corrected chi connectivity index (χ3v) is 3.72. The van der Waals surface area contributed by atoms with E-state index in [4.69, 9.17) is 4.74 Å². The van der Waals surface area contributed by atoms with Crippen molar-refractivity contribution >= 4 is 0 Å². The highest BCUT2D eigenvalue weighted by Gasteiger charge is 2.23. The molecule has 1 aliphatic heterocycles. The van der Waals surface area contributed by atoms with Crippen LogP contribution in [0.15, 0.2) is 0 Å². The van der Waals surface area contributed by atoms with Gasteiger partial charge < -0.3 is 9.64 Å². The fraction of sp³-hybridized carbons (Fsp3) is 1.00. The molecule has 0 radical (unpaired) electrons. The van der Waals surface area contributed by atoms with Gasteiger partial charge in [-0.05, 0) is 45.7 Å². The van der Waals surface area contributed by atoms with Gasteiger partial charge in [0.2, 0.25) is 0 Å². The Morgan fingerprint density at radius 3 is 2.27 bits per heavy atom. The van der Waals surface area contributed by atoms with Crippen molar-refractivity contribution in [2.45, 2.75) is 52.6 Å². The number of likely N-dealkylation sites (tertiary alicyclic amines) is 1. The maximum absolute atomic E-state index is 5.95. The number of rotatable bonds is 5. The molecule has 90 valence electrons. The summed E-state index contributed by atoms with van der Waals surface area (Å²) in [5.74, 6) is 0.582. The average Bonchev–Trinajstić information content (AvgIpc) is 2.19. The van der Waals surface area contributed by atoms with Crippen LogP contribution < -0.4 is 0 Å². The molecule has 0 saturated carbocycles. The van der Waals surface area contributed by atoms with Gasteiger partial charge in [-0.1, -0.05) is 20.3 Å². The molecule has 0 unspecified atom stereocenters. The first-order chi connectivity index (χ1) is 7.02. The van der Waals surface area contributed by atoms with Crippen LogP contribution in [-0.4, -0.2) is 36.7 Å². The van der Waals surface area contributed by atoms with E-state index in [-0.39, 0.29) is 5.60 Å². The van der Waals surface area contributed by atoms with Crippen LogP contribution in [-0.2, 0) is 4.74 Å². The van der Waals surface area contributed by atoms with E-state index >= 15 is 0 Å². The van der Waals surface area contributed by atoms with Gasteiger partial charge in [0.1, 0.15) is 0 Å². The van der Waals surface area contributed by atoms with Crippen LogP contribution in [0.3, 0.4) is 0 Å². The first kappa shape index (κ1) is 13.0. The molecule has 0 aliphatic carbocycles. The van der Waals surface area contributed by atoms with Crippen molar-refractivity contribution in [3.63, 3.8) is 0 Å². The van der Waals surface area contributed by atoms with E-state index in [1.165, 1.54) is 32.4 Å². The van der Waals surface area contributed by atoms with Crippen LogP contribution in [0.2, 0.25) is 0 Å². The maximum Gasteiger partial charge on any atom is 0.0649 e. The smallest absolute Gasteiger partial charge is 0.0649 e. The summed E-state index contributed by atoms with van der Waals surface area (Å²) in [4.78, 5) is 2.53. The first-order valence-electron chi connectivity index (χ1n) is 6.38. The summed E-state index contributed by atoms with van der Waals surface area (Å²) in [6.45, 7) is 13.3. The summed E-state index contributed by atoms with van der Waals surface area (Å²) in [5, 5.41) is 0. The second-order valence-electron chi connectivity index (χ2n) is 5.51. The Bertz CT molecular complexity index is 171. The Morgan fingerprint density at radius 1 is 1.13 bits per heavy atom. The lowest BCUT2D eigenvalue weighted by atomic mass is 9.95. The van der Waals surface area contributed by atoms with E-state index in [2.05, 4.69) is 32.6 Å². The predicted octanol–water partition coefficient (Wildman–Crippen LogP) is 2.92. The van der Waals surface area contributed by atoms with Crippen molar-refractivity contribution in [3.8, 4) is 0 Å². The van der Waals surface area contributed by atoms with Crippen molar-refractivity contribution in [2.75, 3.05) is 26.2 Å². The van der Waals surface area contributed by atoms with Crippen molar-refractivity contribution in [3.05, 3.63) is 0 Å². The molecule has 1 aliphatic rings. The third-order valence-electron chi connectivity index (χ3n) is 3.72. The van der Waals surface area contributed by atoms with Crippen LogP contribution in [0, 0.1) is 5.92 Å². The Hall–Kier alpha value is -0.0800. The average molecular weight is 213 g/mol. The molecule has 1 fully saturated rings. The SMILES string of the molecule is CC(C)C(C)(C)OCCN1CCCCC1. The van der Waals surface area contributed by atoms with Crippen molar-refractivity contribution in [2.24, 2.45) is 5.92 Å². The molecule has 0 bridgehead atoms. The minimum atomic E-state index is 0.0236. The summed E-state index contributed by atoms with van der Waals surface area (Å²) in [5.41, 5.74) is 0.0236. The van der Waals surface area contributed by atoms with E-state index in [9.17, 15) is 0 Å². The van der Waals surface area contributed by atoms with Crippen molar-refractivity contribution in [1.82, 2.24) is 4.90 Å². The molecule has 1 saturated heterocycles. The molecule has 0 amide bonds. The summed E-state index contributed by atoms with van der Waals surface area (Å²) in [6, 6.07) is 0. The highest BCUT2D eigenvalue weighted by Crippen LogP contribution is 2.20. The summed E-state index contributed by atoms with van der Waals surface area (Å²) in [6.07, 6.45) is 4.15. The molecule has 2 nitrogen and oxygen atoms in total. The molecule has 1 rings (SSSR count). The molecule has 0 N–H and O–H groups in total. The number of hydrogen-bond acceptors (Lipinski definition) is 2. The van der Waals surface area contributed by atoms with Crippen LogP contribution in [0.4, 0.5) is 0 Å². The zero-order chi connectivity index (χ0) is 11.3. The second kappa shape index (κ2) is 5.86. The highest BCUT2D eigenvalue weighted by molar-refractivity contribution is 4.73. The van der Waals surface area contributed by atoms with Gasteiger partial charge in [0.25, 0.3) is 0 Å². The Morgan fingerprint density at radius 2 is 1.73 bits per heavy atom. The Labute approximate surface area is 95.0 Å². The van der Waals surface area contributed by atoms with Gasteiger partial charge >= 0.3 is 0 Å². The molecule has 1 heterocycles. The van der Waals surface area contributed by atoms with Gasteiger partial charge in [-0.3, -0.25) is 0 Å². The normalized spacial score (nSPS) is 19.8. The zero-order valence-electron chi connectivity index (χ0n) is 10.9. The van der Waals surface area contributed by atoms with Crippen molar-refractivity contribution in [1.29, 1.82) is 0 Å². The monoisotopic (exact) mass is 213 g/mol. The highest BCUT2D eigenvalue weighted by atomic mass is 16.5. The van der Waals surface area contributed by atoms with Crippen LogP contribution in [0.5, 0.6) is 0 Å². The van der Waals surface area contributed by atoms with E-state index < -0.39 is 0 Å². The van der Waals surface area contributed by atoms with E-state index in [0.717, 1.165) is 13.2 Å². The maximum atomic E-state index is 5.95. The largest absolute Gasteiger partial charge is 0.374 e. The van der Waals surface area contributed by atoms with Crippen LogP contribution in [0.25, 0.3) is 0 Å². The molecule has 0 aromatic rings. The lowest BCUT2D eigenvalue weighted by Crippen LogP contribution is -2.37. The fourth-order valence-corrected chi connectivity index (χ4v) is 1.79. The van der Waals surface area contributed by atoms with Gasteiger partial charge in [-0.25, -0.2) is 0 Å². The molecule has 2 heteroatoms. The summed E-state index contributed by atoms with van der Waals surface area (Å²) in [7, 11) is 0. The van der Waals surface area contributed by atoms with E-state index in [1.54, 1.807) is 0 Å². The second-order valence-corrected chi connectivity index (χ2v) is 5.51. The molecule has 0 atom stereocenters. The molecule has 0 aromatic carbocycles. The van der Waals surface area contributed by atoms with Gasteiger partial charge in [0.15, 0.2) is 0 Å². The zero-order valence-corrected chi connectivity index (χ0v) is 10.9. The Kier molecular flexibility index (Phi) is 5.07. The van der Waals surface area contributed by atoms with Crippen molar-refractivity contribution < 1.29 is 4.74 Å². The van der Waals surface area contributed by atoms with E-state index in [0.29, 0.717) is 5.92 Å². The number of hydrogen-bond donors (Lipinski definition) is 0. The quantitative estimate of drug-likeness (QED) is 0.696. The summed E-state index contributed by atoms with van der Waals surface area (Å²) < 4.78 is 5.95. The lowest BCUT2D eigenvalue weighted by Gasteiger charge is -2.32. The topological polar surface area (TPSA) is 12.5 Å². The van der Waals surface area contributed by atoms with Gasteiger partial charge in [0, 0.05) is 6.54 Å². The minimum absolute atomic E-state index is 0.0236. The van der Waals surface area contributed by atoms with Crippen LogP contribution in [0.1, 0.15) is 47.0 Å². The summed E-state index contributed by atoms with van der Waals surface area (Å²) >= 11 is 0. The van der Waals surface area contributed by atoms with Crippen LogP contribution >= 0.6 is 0 Å². The molecular weight excluding hydrogens is 186 g/mol. The molecule has 0 aromatic heterocycles. The standard InChI is InChI=1S/C13H27NO/c1-12(2)13(3,4)15-11-10-14-8-6-5-7-9-14/h12H,5-11H2,1-4H3. The van der Waals surface area contributed by atoms with Gasteiger partial charge in [0.05, 0.1) is 12.2 Å². The minimum Gasteiger partial charge on any atom is -0.374 e. The number of piperidine rings is 1. The molecular formula is C13H27NO. The lowest BCUT2D eigenvalue weighted by molar-refractivity contribution is -0.0577. The molecule has 15 heavy (non-hydrogen) atoms. The van der Waals surface area contributed by atoms with E-state index in [1.807, 2.05) is 0 Å². The van der Waals surface area contributed by atoms with Gasteiger partial charge in [-0.2, -0.15) is 0 Å². The fourth-order valence-electron chi connectivity index (χ4n) is 1.79. The number of ether oxygens (including phenoxy) is 1. The van der Waals surface area contributed by atoms with Gasteiger partial charge in [-0.15, -0.1) is 0 Å². The molecule has 0 spiro atoms. The third kappa shape index (κ3) is 4.52. The predicted molar refractivity (Wildman–Crippen MR) is 65.2 cm³/mol. The Balaban J connectivity index is 2.14. The number of nitrogens with zero attached hydrogens (tertiary/aromatic N) is 1. The first-order valence-corrected chi connectivity index (χ1v) is 6.38.